The lowest BCUT2D eigenvalue weighted by Gasteiger charge is -2.30. The average Bonchev–Trinajstić information content (AvgIpc) is 2.67. The number of benzene rings is 2. The molecule has 0 amide bonds. The minimum atomic E-state index is -0.704. The van der Waals surface area contributed by atoms with E-state index in [4.69, 9.17) is 9.84 Å². The minimum absolute atomic E-state index is 0.267. The molecule has 0 radical (unpaired) electrons. The van der Waals surface area contributed by atoms with Gasteiger partial charge >= 0.3 is 5.97 Å². The Kier molecular flexibility index (Phi) is 6.70. The summed E-state index contributed by atoms with van der Waals surface area (Å²) in [7, 11) is 0. The van der Waals surface area contributed by atoms with E-state index in [-0.39, 0.29) is 6.42 Å². The number of carbonyl (C=O) groups is 1. The molecule has 0 bridgehead atoms. The monoisotopic (exact) mass is 352 g/mol. The Labute approximate surface area is 156 Å². The standard InChI is InChI=1S/C23H28O3/c24-23(25)12-5-4-7-18-13-15-19(16-14-18)20-8-6-11-22(17-20)26-21-9-2-1-3-10-21/h1-3,9-10,13-16,20,22H,4-8,11-12,17H2,(H,24,25). The summed E-state index contributed by atoms with van der Waals surface area (Å²) >= 11 is 0. The van der Waals surface area contributed by atoms with Crippen molar-refractivity contribution >= 4 is 5.97 Å². The quantitative estimate of drug-likeness (QED) is 0.630. The molecule has 0 saturated heterocycles. The first-order valence-corrected chi connectivity index (χ1v) is 9.73. The van der Waals surface area contributed by atoms with Crippen LogP contribution < -0.4 is 4.74 Å². The Morgan fingerprint density at radius 1 is 1.00 bits per heavy atom. The highest BCUT2D eigenvalue weighted by molar-refractivity contribution is 5.66. The molecule has 1 saturated carbocycles. The fourth-order valence-corrected chi connectivity index (χ4v) is 3.81. The van der Waals surface area contributed by atoms with Crippen LogP contribution in [-0.4, -0.2) is 17.2 Å². The number of aliphatic carboxylic acids is 1. The Bertz CT molecular complexity index is 678. The molecule has 3 rings (SSSR count). The Morgan fingerprint density at radius 2 is 1.77 bits per heavy atom. The van der Waals surface area contributed by atoms with E-state index in [2.05, 4.69) is 24.3 Å². The first-order chi connectivity index (χ1) is 12.7. The maximum absolute atomic E-state index is 10.6. The molecule has 2 unspecified atom stereocenters. The second-order valence-corrected chi connectivity index (χ2v) is 7.26. The van der Waals surface area contributed by atoms with Crippen LogP contribution in [0.15, 0.2) is 54.6 Å². The molecule has 2 atom stereocenters. The molecule has 0 aromatic heterocycles. The zero-order valence-electron chi connectivity index (χ0n) is 15.3. The highest BCUT2D eigenvalue weighted by Gasteiger charge is 2.24. The molecular formula is C23H28O3. The van der Waals surface area contributed by atoms with Crippen LogP contribution >= 0.6 is 0 Å². The highest BCUT2D eigenvalue weighted by Crippen LogP contribution is 2.35. The molecule has 3 heteroatoms. The van der Waals surface area contributed by atoms with E-state index < -0.39 is 5.97 Å². The van der Waals surface area contributed by atoms with Crippen LogP contribution in [0, 0.1) is 0 Å². The summed E-state index contributed by atoms with van der Waals surface area (Å²) in [6, 6.07) is 19.0. The average molecular weight is 352 g/mol. The number of rotatable bonds is 8. The van der Waals surface area contributed by atoms with Crippen molar-refractivity contribution in [2.45, 2.75) is 63.4 Å². The molecule has 3 nitrogen and oxygen atoms in total. The molecule has 26 heavy (non-hydrogen) atoms. The summed E-state index contributed by atoms with van der Waals surface area (Å²) in [6.45, 7) is 0. The summed E-state index contributed by atoms with van der Waals surface area (Å²) in [4.78, 5) is 10.6. The molecule has 1 aliphatic carbocycles. The third-order valence-electron chi connectivity index (χ3n) is 5.23. The first-order valence-electron chi connectivity index (χ1n) is 9.73. The van der Waals surface area contributed by atoms with Gasteiger partial charge in [-0.1, -0.05) is 42.5 Å². The normalized spacial score (nSPS) is 19.8. The topological polar surface area (TPSA) is 46.5 Å². The van der Waals surface area contributed by atoms with Crippen molar-refractivity contribution in [3.05, 3.63) is 65.7 Å². The van der Waals surface area contributed by atoms with E-state index in [1.165, 1.54) is 24.0 Å². The second kappa shape index (κ2) is 9.42. The molecule has 0 heterocycles. The number of para-hydroxylation sites is 1. The van der Waals surface area contributed by atoms with Crippen LogP contribution in [0.4, 0.5) is 0 Å². The minimum Gasteiger partial charge on any atom is -0.490 e. The number of unbranched alkanes of at least 4 members (excludes halogenated alkanes) is 1. The zero-order chi connectivity index (χ0) is 18.2. The van der Waals surface area contributed by atoms with Gasteiger partial charge < -0.3 is 9.84 Å². The van der Waals surface area contributed by atoms with Gasteiger partial charge in [0, 0.05) is 6.42 Å². The lowest BCUT2D eigenvalue weighted by atomic mass is 9.82. The number of ether oxygens (including phenoxy) is 1. The molecule has 0 aliphatic heterocycles. The third-order valence-corrected chi connectivity index (χ3v) is 5.23. The number of carboxylic acids is 1. The van der Waals surface area contributed by atoms with Crippen molar-refractivity contribution in [1.82, 2.24) is 0 Å². The van der Waals surface area contributed by atoms with E-state index in [1.54, 1.807) is 0 Å². The number of carboxylic acid groups (broad SMARTS) is 1. The molecule has 138 valence electrons. The van der Waals surface area contributed by atoms with Crippen molar-refractivity contribution in [2.24, 2.45) is 0 Å². The van der Waals surface area contributed by atoms with E-state index in [0.717, 1.165) is 37.9 Å². The summed E-state index contributed by atoms with van der Waals surface area (Å²) in [5.74, 6) is 0.832. The van der Waals surface area contributed by atoms with Crippen LogP contribution in [0.1, 0.15) is 62.0 Å². The number of hydrogen-bond acceptors (Lipinski definition) is 2. The zero-order valence-corrected chi connectivity index (χ0v) is 15.3. The predicted octanol–water partition coefficient (Wildman–Crippen LogP) is 5.59. The first kappa shape index (κ1) is 18.5. The van der Waals surface area contributed by atoms with Gasteiger partial charge in [0.1, 0.15) is 5.75 Å². The van der Waals surface area contributed by atoms with Crippen LogP contribution in [0.25, 0.3) is 0 Å². The van der Waals surface area contributed by atoms with Crippen molar-refractivity contribution in [1.29, 1.82) is 0 Å². The molecule has 0 spiro atoms. The Morgan fingerprint density at radius 3 is 2.50 bits per heavy atom. The molecule has 2 aromatic carbocycles. The van der Waals surface area contributed by atoms with Gasteiger partial charge in [0.05, 0.1) is 6.10 Å². The van der Waals surface area contributed by atoms with Crippen molar-refractivity contribution in [3.63, 3.8) is 0 Å². The van der Waals surface area contributed by atoms with Gasteiger partial charge in [-0.15, -0.1) is 0 Å². The van der Waals surface area contributed by atoms with Crippen molar-refractivity contribution in [3.8, 4) is 5.75 Å². The maximum atomic E-state index is 10.6. The van der Waals surface area contributed by atoms with Gasteiger partial charge in [-0.2, -0.15) is 0 Å². The largest absolute Gasteiger partial charge is 0.490 e. The van der Waals surface area contributed by atoms with Gasteiger partial charge in [-0.3, -0.25) is 4.79 Å². The van der Waals surface area contributed by atoms with Gasteiger partial charge in [0.15, 0.2) is 0 Å². The van der Waals surface area contributed by atoms with Gasteiger partial charge in [0.25, 0.3) is 0 Å². The third kappa shape index (κ3) is 5.62. The summed E-state index contributed by atoms with van der Waals surface area (Å²) in [6.07, 6.45) is 7.85. The van der Waals surface area contributed by atoms with Gasteiger partial charge in [-0.25, -0.2) is 0 Å². The molecular weight excluding hydrogens is 324 g/mol. The lowest BCUT2D eigenvalue weighted by molar-refractivity contribution is -0.137. The van der Waals surface area contributed by atoms with Gasteiger partial charge in [-0.05, 0) is 74.1 Å². The second-order valence-electron chi connectivity index (χ2n) is 7.26. The van der Waals surface area contributed by atoms with Crippen LogP contribution in [0.5, 0.6) is 5.75 Å². The van der Waals surface area contributed by atoms with Crippen LogP contribution in [0.3, 0.4) is 0 Å². The number of aryl methyl sites for hydroxylation is 1. The smallest absolute Gasteiger partial charge is 0.303 e. The summed E-state index contributed by atoms with van der Waals surface area (Å²) < 4.78 is 6.17. The lowest BCUT2D eigenvalue weighted by Crippen LogP contribution is -2.24. The Hall–Kier alpha value is -2.29. The van der Waals surface area contributed by atoms with Crippen LogP contribution in [-0.2, 0) is 11.2 Å². The molecule has 2 aromatic rings. The van der Waals surface area contributed by atoms with Crippen molar-refractivity contribution in [2.75, 3.05) is 0 Å². The maximum Gasteiger partial charge on any atom is 0.303 e. The predicted molar refractivity (Wildman–Crippen MR) is 104 cm³/mol. The summed E-state index contributed by atoms with van der Waals surface area (Å²) in [5, 5.41) is 8.70. The Balaban J connectivity index is 1.51. The SMILES string of the molecule is O=C(O)CCCCc1ccc(C2CCCC(Oc3ccccc3)C2)cc1. The summed E-state index contributed by atoms with van der Waals surface area (Å²) in [5.41, 5.74) is 2.70. The highest BCUT2D eigenvalue weighted by atomic mass is 16.5. The van der Waals surface area contributed by atoms with E-state index in [9.17, 15) is 4.79 Å². The number of hydrogen-bond donors (Lipinski definition) is 1. The van der Waals surface area contributed by atoms with Crippen LogP contribution in [0.2, 0.25) is 0 Å². The van der Waals surface area contributed by atoms with Gasteiger partial charge in [0.2, 0.25) is 0 Å². The molecule has 1 aliphatic rings. The fourth-order valence-electron chi connectivity index (χ4n) is 3.81. The fraction of sp³-hybridized carbons (Fsp3) is 0.435. The molecule has 1 N–H and O–H groups in total. The van der Waals surface area contributed by atoms with E-state index in [0.29, 0.717) is 12.0 Å². The molecule has 1 fully saturated rings. The van der Waals surface area contributed by atoms with Crippen molar-refractivity contribution < 1.29 is 14.6 Å². The van der Waals surface area contributed by atoms with E-state index in [1.807, 2.05) is 30.3 Å². The van der Waals surface area contributed by atoms with E-state index >= 15 is 0 Å².